The standard InChI is InChI=1S/C66H52N6/c1-65(2,3)47-31-35-60-54(39-47)50-25-15-17-27-56(50)71(60)58-34-30-45(64-69-62(42-19-9-7-10-20-42)68-63(70-64)43-21-11-8-12-22-43)38-52(58)44-29-33-59(53(37-44)49-24-14-13-23-46(49)41-67)72-57-28-18-16-26-51(57)55-40-48(66(4,5)6)32-36-61(55)72/h7-40H,1-6H3. The number of hydrogen-bond acceptors (Lipinski definition) is 4. The van der Waals surface area contributed by atoms with E-state index in [2.05, 4.69) is 184 Å². The largest absolute Gasteiger partial charge is 0.309 e. The maximum Gasteiger partial charge on any atom is 0.164 e. The van der Waals surface area contributed by atoms with Crippen molar-refractivity contribution in [3.63, 3.8) is 0 Å². The molecule has 0 unspecified atom stereocenters. The summed E-state index contributed by atoms with van der Waals surface area (Å²) in [5, 5.41) is 15.5. The summed E-state index contributed by atoms with van der Waals surface area (Å²) in [6.07, 6.45) is 0. The van der Waals surface area contributed by atoms with Gasteiger partial charge in [0.05, 0.1) is 45.1 Å². The van der Waals surface area contributed by atoms with Crippen LogP contribution in [0.2, 0.25) is 0 Å². The highest BCUT2D eigenvalue weighted by atomic mass is 15.0. The molecule has 0 spiro atoms. The molecule has 0 bridgehead atoms. The number of hydrogen-bond donors (Lipinski definition) is 0. The van der Waals surface area contributed by atoms with Gasteiger partial charge in [0.2, 0.25) is 0 Å². The number of para-hydroxylation sites is 2. The summed E-state index contributed by atoms with van der Waals surface area (Å²) >= 11 is 0. The summed E-state index contributed by atoms with van der Waals surface area (Å²) in [4.78, 5) is 15.4. The molecule has 346 valence electrons. The number of rotatable bonds is 7. The third kappa shape index (κ3) is 7.62. The Morgan fingerprint density at radius 1 is 0.347 bits per heavy atom. The third-order valence-corrected chi connectivity index (χ3v) is 14.2. The lowest BCUT2D eigenvalue weighted by Gasteiger charge is -2.21. The SMILES string of the molecule is CC(C)(C)c1ccc2c(c1)c1ccccc1n2-c1ccc(-c2nc(-c3ccccc3)nc(-c3ccccc3)n2)cc1-c1ccc(-n2c3ccccc3c3cc(C(C)(C)C)ccc32)c(-c2ccccc2C#N)c1. The van der Waals surface area contributed by atoms with Crippen molar-refractivity contribution in [3.8, 4) is 73.9 Å². The van der Waals surface area contributed by atoms with Gasteiger partial charge >= 0.3 is 0 Å². The highest BCUT2D eigenvalue weighted by Crippen LogP contribution is 2.44. The summed E-state index contributed by atoms with van der Waals surface area (Å²) in [7, 11) is 0. The fourth-order valence-corrected chi connectivity index (χ4v) is 10.4. The fraction of sp³-hybridized carbons (Fsp3) is 0.121. The second-order valence-electron chi connectivity index (χ2n) is 20.8. The zero-order chi connectivity index (χ0) is 49.3. The van der Waals surface area contributed by atoms with Crippen molar-refractivity contribution < 1.29 is 0 Å². The fourth-order valence-electron chi connectivity index (χ4n) is 10.4. The van der Waals surface area contributed by atoms with Crippen molar-refractivity contribution >= 4 is 43.6 Å². The molecule has 0 saturated carbocycles. The topological polar surface area (TPSA) is 72.3 Å². The monoisotopic (exact) mass is 928 g/mol. The molecule has 0 aliphatic carbocycles. The number of nitrogens with zero attached hydrogens (tertiary/aromatic N) is 6. The van der Waals surface area contributed by atoms with Crippen molar-refractivity contribution in [2.75, 3.05) is 0 Å². The molecule has 3 aromatic heterocycles. The first-order chi connectivity index (χ1) is 34.9. The van der Waals surface area contributed by atoms with E-state index < -0.39 is 0 Å². The minimum atomic E-state index is -0.0327. The van der Waals surface area contributed by atoms with Gasteiger partial charge in [-0.25, -0.2) is 15.0 Å². The first-order valence-electron chi connectivity index (χ1n) is 24.7. The van der Waals surface area contributed by atoms with E-state index in [1.807, 2.05) is 78.9 Å². The minimum Gasteiger partial charge on any atom is -0.309 e. The van der Waals surface area contributed by atoms with Gasteiger partial charge in [0.1, 0.15) is 0 Å². The normalized spacial score (nSPS) is 12.0. The first-order valence-corrected chi connectivity index (χ1v) is 24.7. The highest BCUT2D eigenvalue weighted by molar-refractivity contribution is 6.11. The van der Waals surface area contributed by atoms with Gasteiger partial charge in [-0.3, -0.25) is 0 Å². The second kappa shape index (κ2) is 17.2. The lowest BCUT2D eigenvalue weighted by Crippen LogP contribution is -2.10. The summed E-state index contributed by atoms with van der Waals surface area (Å²) in [6, 6.07) is 75.3. The molecule has 72 heavy (non-hydrogen) atoms. The Morgan fingerprint density at radius 3 is 1.28 bits per heavy atom. The molecular formula is C66H52N6. The Balaban J connectivity index is 1.16. The molecule has 0 saturated heterocycles. The Labute approximate surface area is 420 Å². The van der Waals surface area contributed by atoms with Crippen LogP contribution in [0.1, 0.15) is 58.2 Å². The summed E-state index contributed by atoms with van der Waals surface area (Å²) in [5.41, 5.74) is 15.9. The molecule has 0 aliphatic rings. The molecule has 12 rings (SSSR count). The Hall–Kier alpha value is -8.92. The average Bonchev–Trinajstić information content (AvgIpc) is 3.92. The number of aromatic nitrogens is 5. The Morgan fingerprint density at radius 2 is 0.764 bits per heavy atom. The van der Waals surface area contributed by atoms with Crippen LogP contribution in [0.5, 0.6) is 0 Å². The van der Waals surface area contributed by atoms with Crippen molar-refractivity contribution in [2.24, 2.45) is 0 Å². The second-order valence-corrected chi connectivity index (χ2v) is 20.8. The van der Waals surface area contributed by atoms with Crippen LogP contribution in [-0.4, -0.2) is 24.1 Å². The van der Waals surface area contributed by atoms with Gasteiger partial charge in [0, 0.05) is 54.9 Å². The van der Waals surface area contributed by atoms with Crippen molar-refractivity contribution in [1.29, 1.82) is 5.26 Å². The van der Waals surface area contributed by atoms with Crippen molar-refractivity contribution in [3.05, 3.63) is 223 Å². The molecule has 0 N–H and O–H groups in total. The quantitative estimate of drug-likeness (QED) is 0.160. The van der Waals surface area contributed by atoms with E-state index in [9.17, 15) is 5.26 Å². The van der Waals surface area contributed by atoms with Gasteiger partial charge in [-0.2, -0.15) is 5.26 Å². The molecule has 0 atom stereocenters. The lowest BCUT2D eigenvalue weighted by molar-refractivity contribution is 0.591. The van der Waals surface area contributed by atoms with Crippen LogP contribution in [0, 0.1) is 11.3 Å². The minimum absolute atomic E-state index is 0.0268. The van der Waals surface area contributed by atoms with E-state index >= 15 is 0 Å². The molecule has 6 nitrogen and oxygen atoms in total. The highest BCUT2D eigenvalue weighted by Gasteiger charge is 2.24. The maximum absolute atomic E-state index is 10.8. The smallest absolute Gasteiger partial charge is 0.164 e. The van der Waals surface area contributed by atoms with E-state index in [4.69, 9.17) is 15.0 Å². The van der Waals surface area contributed by atoms with Crippen LogP contribution in [0.25, 0.3) is 111 Å². The number of benzene rings is 9. The van der Waals surface area contributed by atoms with Gasteiger partial charge in [-0.15, -0.1) is 0 Å². The molecule has 0 amide bonds. The van der Waals surface area contributed by atoms with Gasteiger partial charge < -0.3 is 9.13 Å². The van der Waals surface area contributed by atoms with Gasteiger partial charge in [0.15, 0.2) is 17.5 Å². The molecule has 0 aliphatic heterocycles. The maximum atomic E-state index is 10.8. The molecule has 0 radical (unpaired) electrons. The van der Waals surface area contributed by atoms with E-state index in [1.54, 1.807) is 0 Å². The van der Waals surface area contributed by atoms with E-state index in [0.29, 0.717) is 23.0 Å². The van der Waals surface area contributed by atoms with Crippen LogP contribution in [-0.2, 0) is 10.8 Å². The molecule has 0 fully saturated rings. The number of nitriles is 1. The van der Waals surface area contributed by atoms with Crippen molar-refractivity contribution in [1.82, 2.24) is 24.1 Å². The molecule has 12 aromatic rings. The van der Waals surface area contributed by atoms with Crippen LogP contribution >= 0.6 is 0 Å². The molecule has 3 heterocycles. The summed E-state index contributed by atoms with van der Waals surface area (Å²) in [5.74, 6) is 1.77. The predicted octanol–water partition coefficient (Wildman–Crippen LogP) is 16.9. The third-order valence-electron chi connectivity index (χ3n) is 14.2. The number of fused-ring (bicyclic) bond motifs is 6. The zero-order valence-electron chi connectivity index (χ0n) is 41.3. The van der Waals surface area contributed by atoms with Gasteiger partial charge in [0.25, 0.3) is 0 Å². The van der Waals surface area contributed by atoms with Crippen LogP contribution in [0.4, 0.5) is 0 Å². The average molecular weight is 929 g/mol. The lowest BCUT2D eigenvalue weighted by atomic mass is 9.86. The van der Waals surface area contributed by atoms with Crippen molar-refractivity contribution in [2.45, 2.75) is 52.4 Å². The van der Waals surface area contributed by atoms with Gasteiger partial charge in [-0.05, 0) is 100 Å². The van der Waals surface area contributed by atoms with E-state index in [1.165, 1.54) is 32.7 Å². The van der Waals surface area contributed by atoms with Crippen LogP contribution < -0.4 is 0 Å². The summed E-state index contributed by atoms with van der Waals surface area (Å²) in [6.45, 7) is 13.6. The van der Waals surface area contributed by atoms with Crippen LogP contribution in [0.3, 0.4) is 0 Å². The Bertz CT molecular complexity index is 4060. The van der Waals surface area contributed by atoms with E-state index in [0.717, 1.165) is 72.4 Å². The Kier molecular flexibility index (Phi) is 10.6. The molecule has 9 aromatic carbocycles. The predicted molar refractivity (Wildman–Crippen MR) is 298 cm³/mol. The summed E-state index contributed by atoms with van der Waals surface area (Å²) < 4.78 is 4.79. The van der Waals surface area contributed by atoms with Crippen LogP contribution in [0.15, 0.2) is 206 Å². The molecule has 6 heteroatoms. The van der Waals surface area contributed by atoms with Gasteiger partial charge in [-0.1, -0.05) is 175 Å². The zero-order valence-corrected chi connectivity index (χ0v) is 41.3. The first kappa shape index (κ1) is 44.3. The molecular weight excluding hydrogens is 877 g/mol. The van der Waals surface area contributed by atoms with E-state index in [-0.39, 0.29) is 10.8 Å².